The summed E-state index contributed by atoms with van der Waals surface area (Å²) in [6.45, 7) is 1.99. The molecule has 5 heteroatoms. The molecule has 2 N–H and O–H groups in total. The highest BCUT2D eigenvalue weighted by atomic mass is 32.2. The number of anilines is 1. The number of hydrogen-bond donors (Lipinski definition) is 1. The number of nitrogens with zero attached hydrogens (tertiary/aromatic N) is 2. The van der Waals surface area contributed by atoms with Gasteiger partial charge in [-0.3, -0.25) is 4.98 Å². The average Bonchev–Trinajstić information content (AvgIpc) is 2.56. The van der Waals surface area contributed by atoms with Crippen LogP contribution in [0, 0.1) is 6.92 Å². The normalized spacial score (nSPS) is 10.5. The molecule has 78 valence electrons. The summed E-state index contributed by atoms with van der Waals surface area (Å²) in [6.07, 6.45) is 3.62. The summed E-state index contributed by atoms with van der Waals surface area (Å²) in [5.74, 6) is 0.936. The second kappa shape index (κ2) is 4.63. The van der Waals surface area contributed by atoms with Crippen LogP contribution in [0.2, 0.25) is 0 Å². The van der Waals surface area contributed by atoms with E-state index in [-0.39, 0.29) is 0 Å². The fraction of sp³-hybridized carbons (Fsp3) is 0.200. The number of hydrogen-bond acceptors (Lipinski definition) is 5. The number of nitrogens with two attached hydrogens (primary N) is 1. The lowest BCUT2D eigenvalue weighted by molar-refractivity contribution is 1.21. The number of thiazole rings is 1. The van der Waals surface area contributed by atoms with E-state index in [9.17, 15) is 0 Å². The molecular weight excluding hydrogens is 226 g/mol. The van der Waals surface area contributed by atoms with Crippen LogP contribution < -0.4 is 5.73 Å². The zero-order valence-corrected chi connectivity index (χ0v) is 9.94. The Labute approximate surface area is 96.8 Å². The summed E-state index contributed by atoms with van der Waals surface area (Å²) < 4.78 is 1.20. The van der Waals surface area contributed by atoms with E-state index in [1.165, 1.54) is 9.77 Å². The minimum absolute atomic E-state index is 0.643. The number of rotatable bonds is 3. The summed E-state index contributed by atoms with van der Waals surface area (Å²) in [4.78, 5) is 8.17. The molecule has 2 aromatic heterocycles. The standard InChI is InChI=1S/C10H11N3S2/c1-7-9(15-10(11)13-7)14-6-8-2-4-12-5-3-8/h2-5H,6H2,1H3,(H2,11,13). The third kappa shape index (κ3) is 2.70. The zero-order valence-electron chi connectivity index (χ0n) is 8.30. The van der Waals surface area contributed by atoms with Crippen molar-refractivity contribution in [3.8, 4) is 0 Å². The maximum absolute atomic E-state index is 5.63. The van der Waals surface area contributed by atoms with Crippen molar-refractivity contribution in [3.63, 3.8) is 0 Å². The molecule has 0 aliphatic carbocycles. The van der Waals surface area contributed by atoms with E-state index in [1.54, 1.807) is 23.1 Å². The fourth-order valence-corrected chi connectivity index (χ4v) is 3.14. The van der Waals surface area contributed by atoms with E-state index in [0.29, 0.717) is 5.13 Å². The van der Waals surface area contributed by atoms with Crippen LogP contribution in [-0.4, -0.2) is 9.97 Å². The Balaban J connectivity index is 2.02. The molecule has 0 spiro atoms. The van der Waals surface area contributed by atoms with E-state index >= 15 is 0 Å². The van der Waals surface area contributed by atoms with Gasteiger partial charge in [-0.1, -0.05) is 11.3 Å². The van der Waals surface area contributed by atoms with Gasteiger partial charge in [-0.05, 0) is 24.6 Å². The molecule has 2 heterocycles. The predicted molar refractivity (Wildman–Crippen MR) is 65.1 cm³/mol. The van der Waals surface area contributed by atoms with Gasteiger partial charge < -0.3 is 5.73 Å². The molecule has 0 radical (unpaired) electrons. The second-order valence-electron chi connectivity index (χ2n) is 3.07. The summed E-state index contributed by atoms with van der Waals surface area (Å²) >= 11 is 3.32. The van der Waals surface area contributed by atoms with E-state index in [1.807, 2.05) is 31.5 Å². The molecule has 0 saturated carbocycles. The Bertz CT molecular complexity index is 439. The SMILES string of the molecule is Cc1nc(N)sc1SCc1ccncc1. The molecule has 0 unspecified atom stereocenters. The quantitative estimate of drug-likeness (QED) is 0.834. The maximum atomic E-state index is 5.63. The van der Waals surface area contributed by atoms with Crippen molar-refractivity contribution >= 4 is 28.2 Å². The van der Waals surface area contributed by atoms with Crippen LogP contribution in [0.5, 0.6) is 0 Å². The molecule has 0 aliphatic rings. The van der Waals surface area contributed by atoms with Gasteiger partial charge >= 0.3 is 0 Å². The van der Waals surface area contributed by atoms with Gasteiger partial charge in [0.25, 0.3) is 0 Å². The predicted octanol–water partition coefficient (Wildman–Crippen LogP) is 2.72. The van der Waals surface area contributed by atoms with Crippen molar-refractivity contribution in [2.75, 3.05) is 5.73 Å². The first-order chi connectivity index (χ1) is 7.25. The molecule has 0 aromatic carbocycles. The molecular formula is C10H11N3S2. The molecule has 0 atom stereocenters. The van der Waals surface area contributed by atoms with Gasteiger partial charge in [0.1, 0.15) is 0 Å². The highest BCUT2D eigenvalue weighted by Crippen LogP contribution is 2.32. The average molecular weight is 237 g/mol. The van der Waals surface area contributed by atoms with Crippen LogP contribution in [-0.2, 0) is 5.75 Å². The van der Waals surface area contributed by atoms with Crippen molar-refractivity contribution in [2.45, 2.75) is 16.9 Å². The van der Waals surface area contributed by atoms with Gasteiger partial charge in [0.05, 0.1) is 9.90 Å². The maximum Gasteiger partial charge on any atom is 0.181 e. The van der Waals surface area contributed by atoms with E-state index in [0.717, 1.165) is 11.4 Å². The fourth-order valence-electron chi connectivity index (χ4n) is 1.16. The second-order valence-corrected chi connectivity index (χ2v) is 5.34. The summed E-state index contributed by atoms with van der Waals surface area (Å²) in [6, 6.07) is 4.04. The minimum atomic E-state index is 0.643. The summed E-state index contributed by atoms with van der Waals surface area (Å²) in [5.41, 5.74) is 7.92. The Morgan fingerprint density at radius 1 is 1.40 bits per heavy atom. The van der Waals surface area contributed by atoms with Crippen molar-refractivity contribution in [1.29, 1.82) is 0 Å². The van der Waals surface area contributed by atoms with Crippen LogP contribution in [0.25, 0.3) is 0 Å². The van der Waals surface area contributed by atoms with Crippen LogP contribution in [0.1, 0.15) is 11.3 Å². The summed E-state index contributed by atoms with van der Waals surface area (Å²) in [5, 5.41) is 0.643. The summed E-state index contributed by atoms with van der Waals surface area (Å²) in [7, 11) is 0. The third-order valence-corrected chi connectivity index (χ3v) is 4.31. The highest BCUT2D eigenvalue weighted by Gasteiger charge is 2.05. The van der Waals surface area contributed by atoms with Gasteiger partial charge in [-0.15, -0.1) is 11.8 Å². The van der Waals surface area contributed by atoms with Crippen LogP contribution in [0.4, 0.5) is 5.13 Å². The Morgan fingerprint density at radius 2 is 2.13 bits per heavy atom. The number of aromatic nitrogens is 2. The molecule has 2 rings (SSSR count). The van der Waals surface area contributed by atoms with E-state index in [4.69, 9.17) is 5.73 Å². The van der Waals surface area contributed by atoms with Gasteiger partial charge in [-0.2, -0.15) is 0 Å². The van der Waals surface area contributed by atoms with E-state index < -0.39 is 0 Å². The van der Waals surface area contributed by atoms with Gasteiger partial charge in [0.2, 0.25) is 0 Å². The topological polar surface area (TPSA) is 51.8 Å². The lowest BCUT2D eigenvalue weighted by Gasteiger charge is -1.98. The molecule has 0 saturated heterocycles. The Hall–Kier alpha value is -1.07. The lowest BCUT2D eigenvalue weighted by Crippen LogP contribution is -1.81. The molecule has 0 amide bonds. The molecule has 2 aromatic rings. The monoisotopic (exact) mass is 237 g/mol. The first kappa shape index (κ1) is 10.4. The van der Waals surface area contributed by atoms with Crippen molar-refractivity contribution in [2.24, 2.45) is 0 Å². The number of nitrogen functional groups attached to an aromatic ring is 1. The molecule has 0 fully saturated rings. The van der Waals surface area contributed by atoms with Gasteiger partial charge in [0.15, 0.2) is 5.13 Å². The molecule has 15 heavy (non-hydrogen) atoms. The molecule has 0 aliphatic heterocycles. The molecule has 0 bridgehead atoms. The van der Waals surface area contributed by atoms with Crippen LogP contribution >= 0.6 is 23.1 Å². The van der Waals surface area contributed by atoms with Gasteiger partial charge in [-0.25, -0.2) is 4.98 Å². The Morgan fingerprint density at radius 3 is 2.73 bits per heavy atom. The number of thioether (sulfide) groups is 1. The van der Waals surface area contributed by atoms with Crippen molar-refractivity contribution in [3.05, 3.63) is 35.8 Å². The first-order valence-electron chi connectivity index (χ1n) is 4.50. The van der Waals surface area contributed by atoms with Crippen LogP contribution in [0.15, 0.2) is 28.7 Å². The lowest BCUT2D eigenvalue weighted by atomic mass is 10.3. The Kier molecular flexibility index (Phi) is 3.23. The number of aryl methyl sites for hydroxylation is 1. The smallest absolute Gasteiger partial charge is 0.181 e. The largest absolute Gasteiger partial charge is 0.375 e. The first-order valence-corrected chi connectivity index (χ1v) is 6.30. The zero-order chi connectivity index (χ0) is 10.7. The third-order valence-electron chi connectivity index (χ3n) is 1.89. The highest BCUT2D eigenvalue weighted by molar-refractivity contribution is 8.00. The number of pyridine rings is 1. The van der Waals surface area contributed by atoms with Gasteiger partial charge in [0, 0.05) is 18.1 Å². The van der Waals surface area contributed by atoms with Crippen LogP contribution in [0.3, 0.4) is 0 Å². The minimum Gasteiger partial charge on any atom is -0.375 e. The van der Waals surface area contributed by atoms with Crippen molar-refractivity contribution < 1.29 is 0 Å². The van der Waals surface area contributed by atoms with Crippen molar-refractivity contribution in [1.82, 2.24) is 9.97 Å². The molecule has 3 nitrogen and oxygen atoms in total. The van der Waals surface area contributed by atoms with E-state index in [2.05, 4.69) is 9.97 Å².